The van der Waals surface area contributed by atoms with Gasteiger partial charge in [-0.15, -0.1) is 11.3 Å². The van der Waals surface area contributed by atoms with Crippen molar-refractivity contribution < 1.29 is 4.42 Å². The highest BCUT2D eigenvalue weighted by atomic mass is 32.2. The lowest BCUT2D eigenvalue weighted by Crippen LogP contribution is -1.97. The Morgan fingerprint density at radius 1 is 1.39 bits per heavy atom. The molecule has 0 fully saturated rings. The van der Waals surface area contributed by atoms with E-state index in [4.69, 9.17) is 4.42 Å². The molecular weight excluding hydrogens is 264 g/mol. The van der Waals surface area contributed by atoms with E-state index in [1.165, 1.54) is 4.70 Å². The summed E-state index contributed by atoms with van der Waals surface area (Å²) in [6, 6.07) is 10.1. The maximum atomic E-state index is 5.29. The van der Waals surface area contributed by atoms with Crippen LogP contribution in [0.1, 0.15) is 5.76 Å². The molecule has 3 rings (SSSR count). The van der Waals surface area contributed by atoms with Gasteiger partial charge in [-0.05, 0) is 36.6 Å². The van der Waals surface area contributed by atoms with Crippen LogP contribution in [-0.2, 0) is 6.54 Å². The Morgan fingerprint density at radius 3 is 3.11 bits per heavy atom. The van der Waals surface area contributed by atoms with Crippen LogP contribution in [0.3, 0.4) is 0 Å². The molecule has 1 N–H and O–H groups in total. The quantitative estimate of drug-likeness (QED) is 0.724. The number of aromatic nitrogens is 1. The van der Waals surface area contributed by atoms with Gasteiger partial charge >= 0.3 is 0 Å². The number of hydrogen-bond acceptors (Lipinski definition) is 5. The van der Waals surface area contributed by atoms with E-state index in [1.807, 2.05) is 18.4 Å². The lowest BCUT2D eigenvalue weighted by Gasteiger charge is -2.03. The maximum Gasteiger partial charge on any atom is 0.150 e. The summed E-state index contributed by atoms with van der Waals surface area (Å²) in [7, 11) is 0. The van der Waals surface area contributed by atoms with Crippen LogP contribution in [0.2, 0.25) is 0 Å². The molecule has 2 heterocycles. The summed E-state index contributed by atoms with van der Waals surface area (Å²) in [5, 5.41) is 3.34. The summed E-state index contributed by atoms with van der Waals surface area (Å²) in [6.07, 6.45) is 3.74. The number of thiazole rings is 1. The van der Waals surface area contributed by atoms with Crippen molar-refractivity contribution in [2.75, 3.05) is 11.6 Å². The van der Waals surface area contributed by atoms with E-state index < -0.39 is 0 Å². The molecule has 0 saturated carbocycles. The van der Waals surface area contributed by atoms with Gasteiger partial charge < -0.3 is 9.73 Å². The Bertz CT molecular complexity index is 646. The normalized spacial score (nSPS) is 10.9. The summed E-state index contributed by atoms with van der Waals surface area (Å²) in [5.41, 5.74) is 2.16. The van der Waals surface area contributed by atoms with Gasteiger partial charge in [0.2, 0.25) is 0 Å². The van der Waals surface area contributed by atoms with Crippen LogP contribution in [0.4, 0.5) is 5.69 Å². The fraction of sp³-hybridized carbons (Fsp3) is 0.154. The van der Waals surface area contributed by atoms with Crippen LogP contribution in [-0.4, -0.2) is 11.2 Å². The van der Waals surface area contributed by atoms with Crippen molar-refractivity contribution in [1.29, 1.82) is 0 Å². The van der Waals surface area contributed by atoms with Crippen molar-refractivity contribution in [2.45, 2.75) is 10.9 Å². The van der Waals surface area contributed by atoms with Crippen molar-refractivity contribution in [2.24, 2.45) is 0 Å². The van der Waals surface area contributed by atoms with E-state index in [0.717, 1.165) is 21.3 Å². The smallest absolute Gasteiger partial charge is 0.150 e. The fourth-order valence-electron chi connectivity index (χ4n) is 1.70. The summed E-state index contributed by atoms with van der Waals surface area (Å²) >= 11 is 3.41. The third-order valence-electron chi connectivity index (χ3n) is 2.59. The zero-order valence-electron chi connectivity index (χ0n) is 9.84. The van der Waals surface area contributed by atoms with Crippen LogP contribution >= 0.6 is 23.1 Å². The highest BCUT2D eigenvalue weighted by molar-refractivity contribution is 8.00. The summed E-state index contributed by atoms with van der Waals surface area (Å²) in [6.45, 7) is 0.701. The Hall–Kier alpha value is -1.46. The van der Waals surface area contributed by atoms with Gasteiger partial charge in [-0.25, -0.2) is 4.98 Å². The van der Waals surface area contributed by atoms with Gasteiger partial charge in [0.25, 0.3) is 0 Å². The van der Waals surface area contributed by atoms with Gasteiger partial charge in [-0.2, -0.15) is 0 Å². The molecule has 0 spiro atoms. The number of anilines is 1. The molecule has 92 valence electrons. The highest BCUT2D eigenvalue weighted by Gasteiger charge is 2.04. The SMILES string of the molecule is CSc1nc2ccc(NCc3ccco3)cc2s1. The first-order valence-corrected chi connectivity index (χ1v) is 7.60. The van der Waals surface area contributed by atoms with Gasteiger partial charge in [0.15, 0.2) is 4.34 Å². The molecule has 18 heavy (non-hydrogen) atoms. The first-order chi connectivity index (χ1) is 8.85. The standard InChI is InChI=1S/C13H12N2OS2/c1-17-13-15-11-5-4-9(7-12(11)18-13)14-8-10-3-2-6-16-10/h2-7,14H,8H2,1H3. The molecule has 3 nitrogen and oxygen atoms in total. The van der Waals surface area contributed by atoms with Crippen molar-refractivity contribution >= 4 is 39.0 Å². The lowest BCUT2D eigenvalue weighted by molar-refractivity contribution is 0.518. The van der Waals surface area contributed by atoms with Crippen molar-refractivity contribution in [3.8, 4) is 0 Å². The molecule has 3 aromatic rings. The minimum Gasteiger partial charge on any atom is -0.467 e. The molecule has 0 saturated heterocycles. The molecule has 0 unspecified atom stereocenters. The minimum atomic E-state index is 0.701. The lowest BCUT2D eigenvalue weighted by atomic mass is 10.3. The number of furan rings is 1. The van der Waals surface area contributed by atoms with Gasteiger partial charge in [-0.1, -0.05) is 11.8 Å². The average Bonchev–Trinajstić information content (AvgIpc) is 3.04. The van der Waals surface area contributed by atoms with Crippen LogP contribution in [0.15, 0.2) is 45.4 Å². The molecule has 2 aromatic heterocycles. The molecule has 0 amide bonds. The van der Waals surface area contributed by atoms with Crippen molar-refractivity contribution in [1.82, 2.24) is 4.98 Å². The second-order valence-corrected chi connectivity index (χ2v) is 5.88. The third-order valence-corrected chi connectivity index (χ3v) is 4.59. The molecule has 0 aliphatic rings. The van der Waals surface area contributed by atoms with E-state index in [1.54, 1.807) is 29.4 Å². The molecule has 0 radical (unpaired) electrons. The van der Waals surface area contributed by atoms with Gasteiger partial charge in [0.1, 0.15) is 5.76 Å². The van der Waals surface area contributed by atoms with E-state index in [-0.39, 0.29) is 0 Å². The Kier molecular flexibility index (Phi) is 3.25. The Balaban J connectivity index is 1.80. The Labute approximate surface area is 113 Å². The third kappa shape index (κ3) is 2.37. The van der Waals surface area contributed by atoms with E-state index >= 15 is 0 Å². The highest BCUT2D eigenvalue weighted by Crippen LogP contribution is 2.30. The number of fused-ring (bicyclic) bond motifs is 1. The second kappa shape index (κ2) is 5.04. The van der Waals surface area contributed by atoms with Crippen molar-refractivity contribution in [3.63, 3.8) is 0 Å². The van der Waals surface area contributed by atoms with E-state index in [2.05, 4.69) is 28.5 Å². The largest absolute Gasteiger partial charge is 0.467 e. The number of thioether (sulfide) groups is 1. The van der Waals surface area contributed by atoms with Crippen LogP contribution < -0.4 is 5.32 Å². The molecule has 0 bridgehead atoms. The predicted octanol–water partition coefficient (Wildman–Crippen LogP) is 4.22. The van der Waals surface area contributed by atoms with Gasteiger partial charge in [-0.3, -0.25) is 0 Å². The number of hydrogen-bond donors (Lipinski definition) is 1. The number of rotatable bonds is 4. The summed E-state index contributed by atoms with van der Waals surface area (Å²) < 4.78 is 7.61. The zero-order valence-corrected chi connectivity index (χ0v) is 11.5. The molecule has 0 atom stereocenters. The van der Waals surface area contributed by atoms with Crippen LogP contribution in [0.5, 0.6) is 0 Å². The molecule has 0 aliphatic heterocycles. The summed E-state index contributed by atoms with van der Waals surface area (Å²) in [5.74, 6) is 0.934. The minimum absolute atomic E-state index is 0.701. The van der Waals surface area contributed by atoms with Gasteiger partial charge in [0, 0.05) is 5.69 Å². The van der Waals surface area contributed by atoms with Crippen molar-refractivity contribution in [3.05, 3.63) is 42.4 Å². The maximum absolute atomic E-state index is 5.29. The summed E-state index contributed by atoms with van der Waals surface area (Å²) in [4.78, 5) is 4.52. The first-order valence-electron chi connectivity index (χ1n) is 5.56. The van der Waals surface area contributed by atoms with E-state index in [9.17, 15) is 0 Å². The van der Waals surface area contributed by atoms with E-state index in [0.29, 0.717) is 6.54 Å². The Morgan fingerprint density at radius 2 is 2.33 bits per heavy atom. The molecular formula is C13H12N2OS2. The molecule has 0 aliphatic carbocycles. The number of benzene rings is 1. The second-order valence-electron chi connectivity index (χ2n) is 3.80. The predicted molar refractivity (Wildman–Crippen MR) is 77.4 cm³/mol. The van der Waals surface area contributed by atoms with Crippen LogP contribution in [0, 0.1) is 0 Å². The molecule has 1 aromatic carbocycles. The van der Waals surface area contributed by atoms with Gasteiger partial charge in [0.05, 0.1) is 23.0 Å². The first kappa shape index (κ1) is 11.6. The fourth-order valence-corrected chi connectivity index (χ4v) is 3.23. The zero-order chi connectivity index (χ0) is 12.4. The topological polar surface area (TPSA) is 38.1 Å². The monoisotopic (exact) mass is 276 g/mol. The number of nitrogens with zero attached hydrogens (tertiary/aromatic N) is 1. The molecule has 5 heteroatoms. The number of nitrogens with one attached hydrogen (secondary N) is 1. The average molecular weight is 276 g/mol. The van der Waals surface area contributed by atoms with Crippen LogP contribution in [0.25, 0.3) is 10.2 Å².